The van der Waals surface area contributed by atoms with Crippen molar-refractivity contribution < 1.29 is 19.1 Å². The van der Waals surface area contributed by atoms with Crippen LogP contribution in [0.1, 0.15) is 18.5 Å². The van der Waals surface area contributed by atoms with E-state index in [0.717, 1.165) is 5.56 Å². The molecule has 1 aromatic carbocycles. The van der Waals surface area contributed by atoms with Crippen LogP contribution in [0.3, 0.4) is 0 Å². The van der Waals surface area contributed by atoms with Gasteiger partial charge in [-0.25, -0.2) is 9.59 Å². The zero-order valence-corrected chi connectivity index (χ0v) is 15.7. The van der Waals surface area contributed by atoms with Crippen LogP contribution in [-0.4, -0.2) is 29.5 Å². The summed E-state index contributed by atoms with van der Waals surface area (Å²) in [6.07, 6.45) is 0. The summed E-state index contributed by atoms with van der Waals surface area (Å²) in [5.74, 6) is 0.203. The first-order valence-corrected chi connectivity index (χ1v) is 8.71. The molecule has 0 aliphatic carbocycles. The summed E-state index contributed by atoms with van der Waals surface area (Å²) >= 11 is 6.67. The highest BCUT2D eigenvalue weighted by Gasteiger charge is 2.35. The Morgan fingerprint density at radius 2 is 1.96 bits per heavy atom. The van der Waals surface area contributed by atoms with Crippen LogP contribution in [0.2, 0.25) is 0 Å². The van der Waals surface area contributed by atoms with Gasteiger partial charge >= 0.3 is 12.0 Å². The van der Waals surface area contributed by atoms with Gasteiger partial charge in [0.15, 0.2) is 0 Å². The second-order valence-corrected chi connectivity index (χ2v) is 7.71. The molecule has 23 heavy (non-hydrogen) atoms. The highest BCUT2D eigenvalue weighted by Crippen LogP contribution is 2.33. The Balaban J connectivity index is 2.49. The molecule has 0 aromatic heterocycles. The van der Waals surface area contributed by atoms with Gasteiger partial charge in [-0.3, -0.25) is 0 Å². The van der Waals surface area contributed by atoms with Crippen LogP contribution < -0.4 is 15.4 Å². The minimum atomic E-state index is -0.610. The molecule has 1 aliphatic rings. The molecule has 0 fully saturated rings. The summed E-state index contributed by atoms with van der Waals surface area (Å²) in [6.45, 7) is 1.98. The number of halogens is 2. The highest BCUT2D eigenvalue weighted by molar-refractivity contribution is 9.24. The molecule has 2 amide bonds. The molecule has 6 nitrogen and oxygen atoms in total. The van der Waals surface area contributed by atoms with Crippen LogP contribution in [0.4, 0.5) is 4.79 Å². The number of alkyl halides is 2. The first kappa shape index (κ1) is 17.8. The fourth-order valence-corrected chi connectivity index (χ4v) is 2.96. The number of carbonyl (C=O) groups excluding carboxylic acids is 2. The summed E-state index contributed by atoms with van der Waals surface area (Å²) in [5.41, 5.74) is 1.52. The van der Waals surface area contributed by atoms with E-state index < -0.39 is 18.0 Å². The topological polar surface area (TPSA) is 76.7 Å². The van der Waals surface area contributed by atoms with Crippen LogP contribution >= 0.6 is 31.9 Å². The maximum absolute atomic E-state index is 12.4. The predicted octanol–water partition coefficient (Wildman–Crippen LogP) is 2.98. The molecule has 124 valence electrons. The molecule has 1 aliphatic heterocycles. The summed E-state index contributed by atoms with van der Waals surface area (Å²) in [7, 11) is 1.57. The van der Waals surface area contributed by atoms with Crippen molar-refractivity contribution in [2.24, 2.45) is 0 Å². The van der Waals surface area contributed by atoms with Gasteiger partial charge in [0, 0.05) is 0 Å². The van der Waals surface area contributed by atoms with E-state index in [0.29, 0.717) is 17.0 Å². The third kappa shape index (κ3) is 4.06. The molecule has 0 bridgehead atoms. The first-order valence-electron chi connectivity index (χ1n) is 6.88. The van der Waals surface area contributed by atoms with Crippen molar-refractivity contribution >= 4 is 43.9 Å². The van der Waals surface area contributed by atoms with Gasteiger partial charge in [-0.2, -0.15) is 0 Å². The smallest absolute Gasteiger partial charge is 0.338 e. The lowest BCUT2D eigenvalue weighted by Gasteiger charge is -2.30. The van der Waals surface area contributed by atoms with Crippen LogP contribution in [0.25, 0.3) is 0 Å². The van der Waals surface area contributed by atoms with Crippen molar-refractivity contribution in [3.8, 4) is 5.75 Å². The number of urea groups is 1. The molecular formula is C15H16Br2N2O4. The van der Waals surface area contributed by atoms with Gasteiger partial charge < -0.3 is 20.1 Å². The molecular weight excluding hydrogens is 432 g/mol. The summed E-state index contributed by atoms with van der Waals surface area (Å²) in [4.78, 5) is 24.3. The van der Waals surface area contributed by atoms with E-state index in [9.17, 15) is 9.59 Å². The maximum atomic E-state index is 12.4. The number of rotatable bonds is 5. The highest BCUT2D eigenvalue weighted by atomic mass is 79.9. The zero-order chi connectivity index (χ0) is 17.0. The molecule has 1 atom stereocenters. The van der Waals surface area contributed by atoms with Crippen LogP contribution in [0, 0.1) is 0 Å². The quantitative estimate of drug-likeness (QED) is 0.537. The maximum Gasteiger partial charge on any atom is 0.338 e. The second kappa shape index (κ2) is 7.83. The van der Waals surface area contributed by atoms with Crippen molar-refractivity contribution in [1.29, 1.82) is 0 Å². The number of nitrogens with one attached hydrogen (secondary N) is 2. The largest absolute Gasteiger partial charge is 0.497 e. The Morgan fingerprint density at radius 1 is 1.30 bits per heavy atom. The van der Waals surface area contributed by atoms with Crippen LogP contribution in [0.5, 0.6) is 5.75 Å². The average molecular weight is 448 g/mol. The molecule has 1 heterocycles. The monoisotopic (exact) mass is 446 g/mol. The number of allylic oxidation sites excluding steroid dienone is 1. The fraction of sp³-hybridized carbons (Fsp3) is 0.333. The summed E-state index contributed by atoms with van der Waals surface area (Å²) < 4.78 is 9.88. The van der Waals surface area contributed by atoms with Crippen molar-refractivity contribution in [2.45, 2.75) is 16.7 Å². The predicted molar refractivity (Wildman–Crippen MR) is 92.7 cm³/mol. The second-order valence-electron chi connectivity index (χ2n) is 4.65. The zero-order valence-electron chi connectivity index (χ0n) is 12.6. The van der Waals surface area contributed by atoms with Gasteiger partial charge in [-0.1, -0.05) is 44.0 Å². The molecule has 2 rings (SSSR count). The average Bonchev–Trinajstić information content (AvgIpc) is 2.54. The SMILES string of the molecule is CCOC(=O)C1=C(C(Br)Br)NC(=O)N[C@H]1c1ccc(OC)cc1. The van der Waals surface area contributed by atoms with E-state index in [2.05, 4.69) is 42.5 Å². The molecule has 0 unspecified atom stereocenters. The van der Waals surface area contributed by atoms with Gasteiger partial charge in [0.05, 0.1) is 31.0 Å². The standard InChI is InChI=1S/C15H16Br2N2O4/c1-3-23-14(20)10-11(8-4-6-9(22-2)7-5-8)18-15(21)19-12(10)13(16)17/h4-7,11,13H,3H2,1-2H3,(H2,18,19,21)/t11-/m0/s1. The Morgan fingerprint density at radius 3 is 2.48 bits per heavy atom. The van der Waals surface area contributed by atoms with Crippen molar-refractivity contribution in [2.75, 3.05) is 13.7 Å². The molecule has 0 radical (unpaired) electrons. The number of hydrogen-bond acceptors (Lipinski definition) is 4. The van der Waals surface area contributed by atoms with E-state index in [1.165, 1.54) is 0 Å². The van der Waals surface area contributed by atoms with Crippen molar-refractivity contribution in [1.82, 2.24) is 10.6 Å². The van der Waals surface area contributed by atoms with Gasteiger partial charge in [-0.05, 0) is 24.6 Å². The number of hydrogen-bond donors (Lipinski definition) is 2. The molecule has 2 N–H and O–H groups in total. The van der Waals surface area contributed by atoms with Gasteiger partial charge in [0.1, 0.15) is 9.49 Å². The lowest BCUT2D eigenvalue weighted by atomic mass is 9.95. The third-order valence-electron chi connectivity index (χ3n) is 3.27. The van der Waals surface area contributed by atoms with Gasteiger partial charge in [-0.15, -0.1) is 0 Å². The van der Waals surface area contributed by atoms with Crippen molar-refractivity contribution in [3.05, 3.63) is 41.1 Å². The van der Waals surface area contributed by atoms with E-state index in [1.54, 1.807) is 38.3 Å². The fourth-order valence-electron chi connectivity index (χ4n) is 2.24. The number of ether oxygens (including phenoxy) is 2. The lowest BCUT2D eigenvalue weighted by Crippen LogP contribution is -2.47. The van der Waals surface area contributed by atoms with E-state index in [4.69, 9.17) is 9.47 Å². The number of carbonyl (C=O) groups is 2. The Kier molecular flexibility index (Phi) is 6.06. The summed E-state index contributed by atoms with van der Waals surface area (Å²) in [6, 6.07) is 6.13. The Hall–Kier alpha value is -1.54. The van der Waals surface area contributed by atoms with E-state index in [-0.39, 0.29) is 10.3 Å². The van der Waals surface area contributed by atoms with E-state index >= 15 is 0 Å². The number of amides is 2. The third-order valence-corrected chi connectivity index (χ3v) is 4.18. The van der Waals surface area contributed by atoms with Crippen LogP contribution in [-0.2, 0) is 9.53 Å². The normalized spacial score (nSPS) is 17.6. The van der Waals surface area contributed by atoms with Crippen LogP contribution in [0.15, 0.2) is 35.5 Å². The summed E-state index contributed by atoms with van der Waals surface area (Å²) in [5, 5.41) is 5.39. The minimum absolute atomic E-state index is 0.244. The number of methoxy groups -OCH3 is 1. The first-order chi connectivity index (χ1) is 11.0. The van der Waals surface area contributed by atoms with Crippen molar-refractivity contribution in [3.63, 3.8) is 0 Å². The Bertz CT molecular complexity index is 629. The van der Waals surface area contributed by atoms with Gasteiger partial charge in [0.25, 0.3) is 0 Å². The lowest BCUT2D eigenvalue weighted by molar-refractivity contribution is -0.139. The number of benzene rings is 1. The van der Waals surface area contributed by atoms with E-state index in [1.807, 2.05) is 0 Å². The molecule has 8 heteroatoms. The number of esters is 1. The molecule has 1 aromatic rings. The molecule has 0 saturated heterocycles. The van der Waals surface area contributed by atoms with Gasteiger partial charge in [0.2, 0.25) is 0 Å². The molecule has 0 spiro atoms. The minimum Gasteiger partial charge on any atom is -0.497 e. The molecule has 0 saturated carbocycles. The Labute approximate surface area is 150 Å².